The molecule has 1 unspecified atom stereocenters. The zero-order valence-electron chi connectivity index (χ0n) is 19.2. The zero-order chi connectivity index (χ0) is 25.0. The lowest BCUT2D eigenvalue weighted by Crippen LogP contribution is -2.48. The predicted octanol–water partition coefficient (Wildman–Crippen LogP) is 5.15. The topological polar surface area (TPSA) is 66.9 Å². The van der Waals surface area contributed by atoms with Crippen molar-refractivity contribution in [2.24, 2.45) is 0 Å². The first-order chi connectivity index (χ1) is 16.8. The molecule has 10 heteroatoms. The van der Waals surface area contributed by atoms with Gasteiger partial charge in [-0.1, -0.05) is 18.5 Å². The molecule has 0 bridgehead atoms. The summed E-state index contributed by atoms with van der Waals surface area (Å²) in [4.78, 5) is 16.5. The summed E-state index contributed by atoms with van der Waals surface area (Å²) in [5, 5.41) is 2.42. The van der Waals surface area contributed by atoms with Gasteiger partial charge in [0.1, 0.15) is 18.2 Å². The van der Waals surface area contributed by atoms with E-state index in [1.54, 1.807) is 28.4 Å². The van der Waals surface area contributed by atoms with Crippen LogP contribution in [-0.4, -0.2) is 49.8 Å². The van der Waals surface area contributed by atoms with Crippen molar-refractivity contribution in [3.8, 4) is 5.75 Å². The predicted molar refractivity (Wildman–Crippen MR) is 135 cm³/mol. The first-order valence-electron chi connectivity index (χ1n) is 11.3. The third-order valence-electron chi connectivity index (χ3n) is 5.87. The van der Waals surface area contributed by atoms with Gasteiger partial charge in [0.15, 0.2) is 0 Å². The Hall–Kier alpha value is -2.46. The lowest BCUT2D eigenvalue weighted by Gasteiger charge is -2.37. The first-order valence-corrected chi connectivity index (χ1v) is 14.0. The molecule has 0 fully saturated rings. The summed E-state index contributed by atoms with van der Waals surface area (Å²) in [6.45, 7) is 2.45. The normalized spacial score (nSPS) is 15.8. The minimum atomic E-state index is -3.88. The fourth-order valence-electron chi connectivity index (χ4n) is 4.11. The number of ether oxygens (including phenoxy) is 1. The highest BCUT2D eigenvalue weighted by Gasteiger charge is 2.35. The Morgan fingerprint density at radius 1 is 1.17 bits per heavy atom. The molecule has 0 saturated carbocycles. The molecular formula is C25H26ClFN2O4S2. The minimum Gasteiger partial charge on any atom is -0.491 e. The zero-order valence-corrected chi connectivity index (χ0v) is 21.6. The number of carbonyl (C=O) groups excluding carboxylic acids is 1. The maximum absolute atomic E-state index is 13.5. The summed E-state index contributed by atoms with van der Waals surface area (Å²) >= 11 is 7.55. The second-order valence-electron chi connectivity index (χ2n) is 8.21. The number of amides is 1. The lowest BCUT2D eigenvalue weighted by atomic mass is 10.0. The monoisotopic (exact) mass is 536 g/mol. The van der Waals surface area contributed by atoms with Gasteiger partial charge in [-0.25, -0.2) is 12.8 Å². The second-order valence-corrected chi connectivity index (χ2v) is 11.6. The number of carbonyl (C=O) groups is 1. The van der Waals surface area contributed by atoms with Gasteiger partial charge in [0.25, 0.3) is 0 Å². The second kappa shape index (κ2) is 11.1. The third kappa shape index (κ3) is 5.86. The minimum absolute atomic E-state index is 0.0955. The van der Waals surface area contributed by atoms with E-state index in [0.29, 0.717) is 30.2 Å². The lowest BCUT2D eigenvalue weighted by molar-refractivity contribution is -0.135. The van der Waals surface area contributed by atoms with Gasteiger partial charge in [-0.2, -0.15) is 4.31 Å². The summed E-state index contributed by atoms with van der Waals surface area (Å²) < 4.78 is 47.0. The van der Waals surface area contributed by atoms with Crippen molar-refractivity contribution >= 4 is 38.9 Å². The number of fused-ring (bicyclic) bond motifs is 1. The van der Waals surface area contributed by atoms with Gasteiger partial charge >= 0.3 is 0 Å². The van der Waals surface area contributed by atoms with Gasteiger partial charge in [-0.3, -0.25) is 4.79 Å². The van der Waals surface area contributed by atoms with Gasteiger partial charge in [0.2, 0.25) is 15.9 Å². The number of benzene rings is 2. The molecule has 1 aliphatic rings. The van der Waals surface area contributed by atoms with E-state index < -0.39 is 10.0 Å². The molecule has 6 nitrogen and oxygen atoms in total. The average molecular weight is 537 g/mol. The molecule has 2 heterocycles. The highest BCUT2D eigenvalue weighted by Crippen LogP contribution is 2.34. The molecule has 3 aromatic rings. The number of rotatable bonds is 9. The van der Waals surface area contributed by atoms with Crippen molar-refractivity contribution in [1.29, 1.82) is 0 Å². The van der Waals surface area contributed by atoms with E-state index in [2.05, 4.69) is 0 Å². The maximum Gasteiger partial charge on any atom is 0.243 e. The summed E-state index contributed by atoms with van der Waals surface area (Å²) in [7, 11) is -3.88. The number of hydrogen-bond acceptors (Lipinski definition) is 5. The Bertz CT molecular complexity index is 1260. The van der Waals surface area contributed by atoms with Crippen LogP contribution in [0.25, 0.3) is 0 Å². The number of sulfonamides is 1. The Morgan fingerprint density at radius 2 is 1.89 bits per heavy atom. The Kier molecular flexibility index (Phi) is 8.11. The van der Waals surface area contributed by atoms with E-state index in [-0.39, 0.29) is 42.4 Å². The van der Waals surface area contributed by atoms with Crippen LogP contribution < -0.4 is 4.74 Å². The highest BCUT2D eigenvalue weighted by atomic mass is 35.5. The SMILES string of the molecule is CCCN(CC(=O)N1CCc2sccc2C1COc1ccc(F)cc1)S(=O)(=O)c1ccc(Cl)cc1. The van der Waals surface area contributed by atoms with E-state index in [1.165, 1.54) is 45.6 Å². The molecule has 0 aliphatic carbocycles. The van der Waals surface area contributed by atoms with E-state index >= 15 is 0 Å². The van der Waals surface area contributed by atoms with E-state index in [9.17, 15) is 17.6 Å². The molecule has 0 saturated heterocycles. The van der Waals surface area contributed by atoms with Crippen LogP contribution in [-0.2, 0) is 21.2 Å². The van der Waals surface area contributed by atoms with Crippen LogP contribution in [0, 0.1) is 5.82 Å². The molecule has 35 heavy (non-hydrogen) atoms. The van der Waals surface area contributed by atoms with Crippen molar-refractivity contribution in [2.45, 2.75) is 30.7 Å². The van der Waals surface area contributed by atoms with Gasteiger partial charge in [-0.15, -0.1) is 11.3 Å². The first kappa shape index (κ1) is 25.6. The number of thiophene rings is 1. The van der Waals surface area contributed by atoms with Crippen LogP contribution >= 0.6 is 22.9 Å². The van der Waals surface area contributed by atoms with Crippen molar-refractivity contribution < 1.29 is 22.3 Å². The van der Waals surface area contributed by atoms with Gasteiger partial charge in [-0.05, 0) is 78.4 Å². The number of nitrogens with zero attached hydrogens (tertiary/aromatic N) is 2. The summed E-state index contributed by atoms with van der Waals surface area (Å²) in [6.07, 6.45) is 1.26. The largest absolute Gasteiger partial charge is 0.491 e. The summed E-state index contributed by atoms with van der Waals surface area (Å²) in [5.74, 6) is -0.149. The smallest absolute Gasteiger partial charge is 0.243 e. The van der Waals surface area contributed by atoms with Gasteiger partial charge < -0.3 is 9.64 Å². The highest BCUT2D eigenvalue weighted by molar-refractivity contribution is 7.89. The molecule has 0 N–H and O–H groups in total. The van der Waals surface area contributed by atoms with Crippen molar-refractivity contribution in [3.05, 3.63) is 81.3 Å². The Morgan fingerprint density at radius 3 is 2.57 bits per heavy atom. The summed E-state index contributed by atoms with van der Waals surface area (Å²) in [5.41, 5.74) is 0.999. The third-order valence-corrected chi connectivity index (χ3v) is 8.98. The van der Waals surface area contributed by atoms with Crippen LogP contribution in [0.5, 0.6) is 5.75 Å². The quantitative estimate of drug-likeness (QED) is 0.379. The molecule has 0 spiro atoms. The summed E-state index contributed by atoms with van der Waals surface area (Å²) in [6, 6.07) is 13.3. The standard InChI is InChI=1S/C25H26ClFN2O4S2/c1-2-13-28(35(31,32)21-9-3-18(26)4-10-21)16-25(30)29-14-11-24-22(12-15-34-24)23(29)17-33-20-7-5-19(27)6-8-20/h3-10,12,15,23H,2,11,13-14,16-17H2,1H3. The Labute approximate surface area is 213 Å². The average Bonchev–Trinajstić information content (AvgIpc) is 3.32. The molecule has 2 aromatic carbocycles. The van der Waals surface area contributed by atoms with Crippen molar-refractivity contribution in [1.82, 2.24) is 9.21 Å². The molecule has 4 rings (SSSR count). The van der Waals surface area contributed by atoms with Crippen molar-refractivity contribution in [2.75, 3.05) is 26.2 Å². The van der Waals surface area contributed by atoms with E-state index in [0.717, 1.165) is 5.56 Å². The van der Waals surface area contributed by atoms with E-state index in [4.69, 9.17) is 16.3 Å². The number of hydrogen-bond donors (Lipinski definition) is 0. The van der Waals surface area contributed by atoms with Crippen LogP contribution in [0.15, 0.2) is 64.9 Å². The van der Waals surface area contributed by atoms with Crippen LogP contribution in [0.3, 0.4) is 0 Å². The molecule has 1 atom stereocenters. The van der Waals surface area contributed by atoms with E-state index in [1.807, 2.05) is 18.4 Å². The van der Waals surface area contributed by atoms with Crippen molar-refractivity contribution in [3.63, 3.8) is 0 Å². The molecule has 186 valence electrons. The number of halogens is 2. The van der Waals surface area contributed by atoms with Gasteiger partial charge in [0.05, 0.1) is 17.5 Å². The van der Waals surface area contributed by atoms with Crippen LogP contribution in [0.2, 0.25) is 5.02 Å². The fourth-order valence-corrected chi connectivity index (χ4v) is 6.65. The molecule has 0 radical (unpaired) electrons. The molecular weight excluding hydrogens is 511 g/mol. The maximum atomic E-state index is 13.5. The van der Waals surface area contributed by atoms with Crippen LogP contribution in [0.4, 0.5) is 4.39 Å². The molecule has 1 aromatic heterocycles. The fraction of sp³-hybridized carbons (Fsp3) is 0.320. The molecule has 1 aliphatic heterocycles. The molecule has 1 amide bonds. The van der Waals surface area contributed by atoms with Crippen LogP contribution in [0.1, 0.15) is 29.8 Å². The van der Waals surface area contributed by atoms with Gasteiger partial charge in [0, 0.05) is 23.0 Å². The Balaban J connectivity index is 1.55.